The van der Waals surface area contributed by atoms with Crippen molar-refractivity contribution in [3.05, 3.63) is 59.1 Å². The van der Waals surface area contributed by atoms with Crippen molar-refractivity contribution in [2.24, 2.45) is 0 Å². The molecule has 0 unspecified atom stereocenters. The van der Waals surface area contributed by atoms with Gasteiger partial charge in [-0.15, -0.1) is 11.3 Å². The summed E-state index contributed by atoms with van der Waals surface area (Å²) in [6, 6.07) is 11.1. The van der Waals surface area contributed by atoms with Crippen LogP contribution >= 0.6 is 11.3 Å². The van der Waals surface area contributed by atoms with Gasteiger partial charge in [0.15, 0.2) is 0 Å². The van der Waals surface area contributed by atoms with Gasteiger partial charge in [-0.2, -0.15) is 0 Å². The van der Waals surface area contributed by atoms with Crippen molar-refractivity contribution in [2.45, 2.75) is 6.42 Å². The van der Waals surface area contributed by atoms with Crippen LogP contribution in [0.25, 0.3) is 10.1 Å². The Hall–Kier alpha value is -2.40. The second-order valence-electron chi connectivity index (χ2n) is 4.67. The Balaban J connectivity index is 1.67. The molecule has 4 nitrogen and oxygen atoms in total. The molecule has 5 heteroatoms. The summed E-state index contributed by atoms with van der Waals surface area (Å²) in [6.45, 7) is 0.713. The van der Waals surface area contributed by atoms with Crippen LogP contribution in [0.2, 0.25) is 0 Å². The smallest absolute Gasteiger partial charge is 0.335 e. The number of carboxylic acid groups (broad SMARTS) is 1. The number of nitrogens with zero attached hydrogens (tertiary/aromatic N) is 1. The molecule has 1 aromatic carbocycles. The zero-order valence-corrected chi connectivity index (χ0v) is 12.1. The molecule has 0 spiro atoms. The number of benzene rings is 1. The Labute approximate surface area is 126 Å². The average molecular weight is 298 g/mol. The van der Waals surface area contributed by atoms with E-state index in [0.717, 1.165) is 23.2 Å². The molecule has 2 N–H and O–H groups in total. The highest BCUT2D eigenvalue weighted by atomic mass is 32.1. The van der Waals surface area contributed by atoms with Gasteiger partial charge in [-0.05, 0) is 41.6 Å². The molecule has 0 aliphatic rings. The lowest BCUT2D eigenvalue weighted by molar-refractivity contribution is 0.0697. The molecule has 0 bridgehead atoms. The molecule has 0 saturated heterocycles. The van der Waals surface area contributed by atoms with E-state index in [1.54, 1.807) is 35.7 Å². The minimum atomic E-state index is -0.894. The number of aromatic carboxylic acids is 1. The maximum absolute atomic E-state index is 10.9. The van der Waals surface area contributed by atoms with Gasteiger partial charge in [0.25, 0.3) is 0 Å². The summed E-state index contributed by atoms with van der Waals surface area (Å²) < 4.78 is 1.21. The van der Waals surface area contributed by atoms with Crippen molar-refractivity contribution in [3.63, 3.8) is 0 Å². The van der Waals surface area contributed by atoms with Crippen LogP contribution in [0.3, 0.4) is 0 Å². The molecule has 0 aliphatic carbocycles. The second-order valence-corrected chi connectivity index (χ2v) is 5.62. The lowest BCUT2D eigenvalue weighted by Gasteiger charge is -2.07. The number of rotatable bonds is 5. The maximum Gasteiger partial charge on any atom is 0.335 e. The zero-order chi connectivity index (χ0) is 14.7. The number of carboxylic acids is 1. The number of hydrogen-bond donors (Lipinski definition) is 2. The van der Waals surface area contributed by atoms with E-state index in [-0.39, 0.29) is 0 Å². The van der Waals surface area contributed by atoms with Crippen LogP contribution in [-0.4, -0.2) is 22.6 Å². The molecule has 0 atom stereocenters. The highest BCUT2D eigenvalue weighted by Gasteiger charge is 2.05. The van der Waals surface area contributed by atoms with E-state index in [4.69, 9.17) is 5.11 Å². The molecule has 3 aromatic rings. The molecule has 0 aliphatic heterocycles. The fraction of sp³-hybridized carbons (Fsp3) is 0.125. The van der Waals surface area contributed by atoms with E-state index in [2.05, 4.69) is 16.4 Å². The standard InChI is InChI=1S/C16H14N2O2S/c19-16(20)12-3-1-2-11(10-12)4-7-17-15-13-6-9-21-14(13)5-8-18-15/h1-3,5-6,8-10H,4,7H2,(H,17,18)(H,19,20). The van der Waals surface area contributed by atoms with Gasteiger partial charge in [0.1, 0.15) is 5.82 Å². The largest absolute Gasteiger partial charge is 0.478 e. The highest BCUT2D eigenvalue weighted by molar-refractivity contribution is 7.17. The molecule has 0 radical (unpaired) electrons. The number of anilines is 1. The van der Waals surface area contributed by atoms with Gasteiger partial charge >= 0.3 is 5.97 Å². The summed E-state index contributed by atoms with van der Waals surface area (Å²) in [7, 11) is 0. The first kappa shape index (κ1) is 13.6. The lowest BCUT2D eigenvalue weighted by atomic mass is 10.1. The van der Waals surface area contributed by atoms with Crippen molar-refractivity contribution in [1.82, 2.24) is 4.98 Å². The fourth-order valence-corrected chi connectivity index (χ4v) is 3.00. The van der Waals surface area contributed by atoms with Crippen molar-refractivity contribution in [2.75, 3.05) is 11.9 Å². The van der Waals surface area contributed by atoms with E-state index < -0.39 is 5.97 Å². The van der Waals surface area contributed by atoms with Crippen LogP contribution in [-0.2, 0) is 6.42 Å². The van der Waals surface area contributed by atoms with E-state index >= 15 is 0 Å². The monoisotopic (exact) mass is 298 g/mol. The molecule has 0 amide bonds. The van der Waals surface area contributed by atoms with Crippen LogP contribution < -0.4 is 5.32 Å². The molecule has 0 fully saturated rings. The van der Waals surface area contributed by atoms with Crippen LogP contribution in [0.1, 0.15) is 15.9 Å². The van der Waals surface area contributed by atoms with E-state index in [0.29, 0.717) is 12.1 Å². The van der Waals surface area contributed by atoms with Gasteiger partial charge in [0.2, 0.25) is 0 Å². The quantitative estimate of drug-likeness (QED) is 0.754. The Kier molecular flexibility index (Phi) is 3.83. The average Bonchev–Trinajstić information content (AvgIpc) is 2.97. The fourth-order valence-electron chi connectivity index (χ4n) is 2.22. The summed E-state index contributed by atoms with van der Waals surface area (Å²) >= 11 is 1.69. The first-order valence-corrected chi connectivity index (χ1v) is 7.50. The molecule has 2 heterocycles. The summed E-state index contributed by atoms with van der Waals surface area (Å²) in [6.07, 6.45) is 2.55. The summed E-state index contributed by atoms with van der Waals surface area (Å²) in [5, 5.41) is 15.5. The van der Waals surface area contributed by atoms with Gasteiger partial charge < -0.3 is 10.4 Å². The van der Waals surface area contributed by atoms with E-state index in [9.17, 15) is 4.79 Å². The zero-order valence-electron chi connectivity index (χ0n) is 11.2. The second kappa shape index (κ2) is 5.93. The first-order valence-electron chi connectivity index (χ1n) is 6.62. The third-order valence-electron chi connectivity index (χ3n) is 3.26. The van der Waals surface area contributed by atoms with Crippen LogP contribution in [0.5, 0.6) is 0 Å². The Bertz CT molecular complexity index is 783. The third-order valence-corrected chi connectivity index (χ3v) is 4.14. The molecular formula is C16H14N2O2S. The third kappa shape index (κ3) is 3.03. The van der Waals surface area contributed by atoms with Crippen LogP contribution in [0, 0.1) is 0 Å². The number of hydrogen-bond acceptors (Lipinski definition) is 4. The summed E-state index contributed by atoms with van der Waals surface area (Å²) in [4.78, 5) is 15.3. The van der Waals surface area contributed by atoms with E-state index in [1.807, 2.05) is 17.5 Å². The lowest BCUT2D eigenvalue weighted by Crippen LogP contribution is -2.07. The van der Waals surface area contributed by atoms with E-state index in [1.165, 1.54) is 4.70 Å². The van der Waals surface area contributed by atoms with Crippen LogP contribution in [0.4, 0.5) is 5.82 Å². The van der Waals surface area contributed by atoms with Crippen molar-refractivity contribution >= 4 is 33.2 Å². The predicted octanol–water partition coefficient (Wildman–Crippen LogP) is 3.65. The molecule has 21 heavy (non-hydrogen) atoms. The number of aromatic nitrogens is 1. The maximum atomic E-state index is 10.9. The minimum Gasteiger partial charge on any atom is -0.478 e. The van der Waals surface area contributed by atoms with Gasteiger partial charge in [-0.1, -0.05) is 12.1 Å². The molecule has 0 saturated carbocycles. The summed E-state index contributed by atoms with van der Waals surface area (Å²) in [5.41, 5.74) is 1.32. The SMILES string of the molecule is O=C(O)c1cccc(CCNc2nccc3sccc23)c1. The highest BCUT2D eigenvalue weighted by Crippen LogP contribution is 2.25. The van der Waals surface area contributed by atoms with Gasteiger partial charge in [-0.3, -0.25) is 0 Å². The molecular weight excluding hydrogens is 284 g/mol. The van der Waals surface area contributed by atoms with Crippen molar-refractivity contribution in [1.29, 1.82) is 0 Å². The predicted molar refractivity (Wildman–Crippen MR) is 85.2 cm³/mol. The van der Waals surface area contributed by atoms with Gasteiger partial charge in [0.05, 0.1) is 5.56 Å². The molecule has 3 rings (SSSR count). The number of nitrogens with one attached hydrogen (secondary N) is 1. The normalized spacial score (nSPS) is 10.7. The Morgan fingerprint density at radius 1 is 1.29 bits per heavy atom. The minimum absolute atomic E-state index is 0.325. The summed E-state index contributed by atoms with van der Waals surface area (Å²) in [5.74, 6) is -0.0161. The molecule has 106 valence electrons. The number of carbonyl (C=O) groups is 1. The van der Waals surface area contributed by atoms with Crippen LogP contribution in [0.15, 0.2) is 48.0 Å². The topological polar surface area (TPSA) is 62.2 Å². The first-order chi connectivity index (χ1) is 10.2. The van der Waals surface area contributed by atoms with Gasteiger partial charge in [-0.25, -0.2) is 9.78 Å². The van der Waals surface area contributed by atoms with Crippen molar-refractivity contribution in [3.8, 4) is 0 Å². The number of fused-ring (bicyclic) bond motifs is 1. The number of pyridine rings is 1. The molecule has 2 aromatic heterocycles. The Morgan fingerprint density at radius 2 is 2.19 bits per heavy atom. The van der Waals surface area contributed by atoms with Crippen molar-refractivity contribution < 1.29 is 9.90 Å². The van der Waals surface area contributed by atoms with Gasteiger partial charge in [0, 0.05) is 22.8 Å². The number of thiophene rings is 1. The Morgan fingerprint density at radius 3 is 3.05 bits per heavy atom.